The summed E-state index contributed by atoms with van der Waals surface area (Å²) in [6.07, 6.45) is 2.89. The first-order chi connectivity index (χ1) is 10.2. The smallest absolute Gasteiger partial charge is 0.225 e. The lowest BCUT2D eigenvalue weighted by atomic mass is 10.0. The quantitative estimate of drug-likeness (QED) is 0.838. The van der Waals surface area contributed by atoms with Crippen molar-refractivity contribution in [3.63, 3.8) is 0 Å². The second-order valence-electron chi connectivity index (χ2n) is 6.27. The van der Waals surface area contributed by atoms with Crippen LogP contribution in [-0.2, 0) is 4.79 Å². The predicted molar refractivity (Wildman–Crippen MR) is 81.7 cm³/mol. The van der Waals surface area contributed by atoms with Crippen LogP contribution in [0.3, 0.4) is 0 Å². The molecule has 1 aliphatic heterocycles. The number of carbonyl (C=O) groups excluding carboxylic acids is 1. The molecule has 2 atom stereocenters. The van der Waals surface area contributed by atoms with Gasteiger partial charge in [0.2, 0.25) is 5.91 Å². The van der Waals surface area contributed by atoms with Gasteiger partial charge in [0.25, 0.3) is 0 Å². The van der Waals surface area contributed by atoms with E-state index in [1.54, 1.807) is 0 Å². The van der Waals surface area contributed by atoms with E-state index >= 15 is 0 Å². The van der Waals surface area contributed by atoms with E-state index in [1.165, 1.54) is 0 Å². The molecule has 2 fully saturated rings. The summed E-state index contributed by atoms with van der Waals surface area (Å²) < 4.78 is 0. The average molecular weight is 288 g/mol. The second-order valence-corrected chi connectivity index (χ2v) is 6.27. The Hall–Kier alpha value is -1.39. The van der Waals surface area contributed by atoms with Crippen LogP contribution in [0, 0.1) is 5.92 Å². The molecule has 1 amide bonds. The van der Waals surface area contributed by atoms with Crippen LogP contribution < -0.4 is 5.32 Å². The highest BCUT2D eigenvalue weighted by atomic mass is 16.3. The van der Waals surface area contributed by atoms with Gasteiger partial charge < -0.3 is 15.3 Å². The fraction of sp³-hybridized carbons (Fsp3) is 0.588. The summed E-state index contributed by atoms with van der Waals surface area (Å²) in [6, 6.07) is 9.88. The van der Waals surface area contributed by atoms with Crippen LogP contribution in [0.15, 0.2) is 30.3 Å². The highest BCUT2D eigenvalue weighted by Gasteiger charge is 2.35. The number of carbonyl (C=O) groups is 1. The lowest BCUT2D eigenvalue weighted by Crippen LogP contribution is -2.38. The van der Waals surface area contributed by atoms with E-state index in [0.717, 1.165) is 44.5 Å². The van der Waals surface area contributed by atoms with Gasteiger partial charge in [-0.15, -0.1) is 0 Å². The zero-order valence-corrected chi connectivity index (χ0v) is 12.4. The Bertz CT molecular complexity index is 467. The van der Waals surface area contributed by atoms with Crippen molar-refractivity contribution in [3.8, 4) is 0 Å². The van der Waals surface area contributed by atoms with Crippen molar-refractivity contribution >= 4 is 5.91 Å². The molecule has 3 rings (SSSR count). The number of nitrogens with one attached hydrogen (secondary N) is 1. The number of amides is 1. The van der Waals surface area contributed by atoms with E-state index in [1.807, 2.05) is 35.2 Å². The van der Waals surface area contributed by atoms with Crippen LogP contribution in [0.5, 0.6) is 0 Å². The molecule has 4 heteroatoms. The third kappa shape index (κ3) is 3.83. The number of aliphatic hydroxyl groups is 1. The summed E-state index contributed by atoms with van der Waals surface area (Å²) in [7, 11) is 0. The van der Waals surface area contributed by atoms with Gasteiger partial charge >= 0.3 is 0 Å². The van der Waals surface area contributed by atoms with Crippen molar-refractivity contribution in [2.75, 3.05) is 19.6 Å². The van der Waals surface area contributed by atoms with E-state index in [9.17, 15) is 9.90 Å². The number of nitrogens with zero attached hydrogens (tertiary/aromatic N) is 1. The van der Waals surface area contributed by atoms with Gasteiger partial charge in [-0.2, -0.15) is 0 Å². The van der Waals surface area contributed by atoms with Gasteiger partial charge in [0.05, 0.1) is 12.5 Å². The summed E-state index contributed by atoms with van der Waals surface area (Å²) in [5.74, 6) is 0.671. The van der Waals surface area contributed by atoms with Gasteiger partial charge in [0, 0.05) is 12.6 Å². The third-order valence-electron chi connectivity index (χ3n) is 4.48. The monoisotopic (exact) mass is 288 g/mol. The van der Waals surface area contributed by atoms with E-state index in [2.05, 4.69) is 5.32 Å². The standard InChI is InChI=1S/C17H24N2O2/c20-16(14-4-2-1-3-5-14)10-17(21)19(15-6-7-15)12-13-8-9-18-11-13/h1-5,13,15-16,18,20H,6-12H2/t13?,16-/m1/s1. The number of rotatable bonds is 6. The van der Waals surface area contributed by atoms with Crippen molar-refractivity contribution in [1.82, 2.24) is 10.2 Å². The molecule has 114 valence electrons. The Morgan fingerprint density at radius 3 is 2.67 bits per heavy atom. The summed E-state index contributed by atoms with van der Waals surface area (Å²) in [4.78, 5) is 14.6. The molecule has 1 saturated carbocycles. The van der Waals surface area contributed by atoms with Crippen LogP contribution in [0.1, 0.15) is 37.4 Å². The first-order valence-electron chi connectivity index (χ1n) is 7.97. The maximum atomic E-state index is 12.5. The molecule has 1 saturated heterocycles. The lowest BCUT2D eigenvalue weighted by molar-refractivity contribution is -0.134. The van der Waals surface area contributed by atoms with Crippen molar-refractivity contribution in [2.24, 2.45) is 5.92 Å². The first kappa shape index (κ1) is 14.5. The van der Waals surface area contributed by atoms with Gasteiger partial charge in [-0.3, -0.25) is 4.79 Å². The average Bonchev–Trinajstić information content (AvgIpc) is 3.21. The largest absolute Gasteiger partial charge is 0.388 e. The molecule has 1 heterocycles. The summed E-state index contributed by atoms with van der Waals surface area (Å²) in [6.45, 7) is 2.92. The Morgan fingerprint density at radius 1 is 1.29 bits per heavy atom. The Labute approximate surface area is 126 Å². The lowest BCUT2D eigenvalue weighted by Gasteiger charge is -2.26. The fourth-order valence-corrected chi connectivity index (χ4v) is 3.06. The molecule has 4 nitrogen and oxygen atoms in total. The topological polar surface area (TPSA) is 52.6 Å². The van der Waals surface area contributed by atoms with Crippen molar-refractivity contribution in [2.45, 2.75) is 37.8 Å². The maximum absolute atomic E-state index is 12.5. The van der Waals surface area contributed by atoms with Gasteiger partial charge in [-0.25, -0.2) is 0 Å². The Morgan fingerprint density at radius 2 is 2.05 bits per heavy atom. The molecule has 0 spiro atoms. The third-order valence-corrected chi connectivity index (χ3v) is 4.48. The van der Waals surface area contributed by atoms with Crippen molar-refractivity contribution in [1.29, 1.82) is 0 Å². The summed E-state index contributed by atoms with van der Waals surface area (Å²) >= 11 is 0. The molecule has 1 aromatic carbocycles. The molecule has 0 radical (unpaired) electrons. The maximum Gasteiger partial charge on any atom is 0.225 e. The van der Waals surface area contributed by atoms with E-state index in [4.69, 9.17) is 0 Å². The van der Waals surface area contributed by atoms with Crippen molar-refractivity contribution < 1.29 is 9.90 Å². The van der Waals surface area contributed by atoms with E-state index < -0.39 is 6.10 Å². The van der Waals surface area contributed by atoms with E-state index in [0.29, 0.717) is 12.0 Å². The molecule has 1 aromatic rings. The van der Waals surface area contributed by atoms with E-state index in [-0.39, 0.29) is 12.3 Å². The number of aliphatic hydroxyl groups excluding tert-OH is 1. The molecule has 0 bridgehead atoms. The van der Waals surface area contributed by atoms with Gasteiger partial charge in [-0.1, -0.05) is 30.3 Å². The highest BCUT2D eigenvalue weighted by molar-refractivity contribution is 5.77. The molecule has 1 aliphatic carbocycles. The highest BCUT2D eigenvalue weighted by Crippen LogP contribution is 2.30. The molecule has 2 N–H and O–H groups in total. The fourth-order valence-electron chi connectivity index (χ4n) is 3.06. The van der Waals surface area contributed by atoms with Gasteiger partial charge in [-0.05, 0) is 43.8 Å². The molecular formula is C17H24N2O2. The van der Waals surface area contributed by atoms with Crippen LogP contribution in [0.4, 0.5) is 0 Å². The van der Waals surface area contributed by atoms with Crippen LogP contribution in [0.2, 0.25) is 0 Å². The minimum absolute atomic E-state index is 0.0979. The molecule has 21 heavy (non-hydrogen) atoms. The summed E-state index contributed by atoms with van der Waals surface area (Å²) in [5, 5.41) is 13.6. The minimum Gasteiger partial charge on any atom is -0.388 e. The zero-order chi connectivity index (χ0) is 14.7. The Balaban J connectivity index is 1.58. The summed E-state index contributed by atoms with van der Waals surface area (Å²) in [5.41, 5.74) is 0.823. The van der Waals surface area contributed by atoms with Gasteiger partial charge in [0.1, 0.15) is 0 Å². The Kier molecular flexibility index (Phi) is 4.56. The van der Waals surface area contributed by atoms with Crippen LogP contribution in [-0.4, -0.2) is 41.6 Å². The second kappa shape index (κ2) is 6.58. The first-order valence-corrected chi connectivity index (χ1v) is 7.97. The van der Waals surface area contributed by atoms with Crippen LogP contribution in [0.25, 0.3) is 0 Å². The minimum atomic E-state index is -0.693. The van der Waals surface area contributed by atoms with Gasteiger partial charge in [0.15, 0.2) is 0 Å². The van der Waals surface area contributed by atoms with Crippen molar-refractivity contribution in [3.05, 3.63) is 35.9 Å². The molecule has 2 aliphatic rings. The number of hydrogen-bond donors (Lipinski definition) is 2. The SMILES string of the molecule is O=C(C[C@@H](O)c1ccccc1)N(CC1CCNC1)C1CC1. The molecule has 1 unspecified atom stereocenters. The molecular weight excluding hydrogens is 264 g/mol. The number of benzene rings is 1. The zero-order valence-electron chi connectivity index (χ0n) is 12.4. The predicted octanol–water partition coefficient (Wildman–Crippen LogP) is 1.71. The molecule has 0 aromatic heterocycles. The normalized spacial score (nSPS) is 23.0. The van der Waals surface area contributed by atoms with Crippen LogP contribution >= 0.6 is 0 Å². The number of hydrogen-bond acceptors (Lipinski definition) is 3.